The summed E-state index contributed by atoms with van der Waals surface area (Å²) in [7, 11) is 0. The Morgan fingerprint density at radius 2 is 1.74 bits per heavy atom. The molecule has 0 radical (unpaired) electrons. The van der Waals surface area contributed by atoms with Gasteiger partial charge in [-0.2, -0.15) is 13.2 Å². The van der Waals surface area contributed by atoms with E-state index in [4.69, 9.17) is 0 Å². The molecule has 1 heterocycles. The van der Waals surface area contributed by atoms with Gasteiger partial charge in [-0.05, 0) is 59.1 Å². The van der Waals surface area contributed by atoms with Crippen LogP contribution in [0.4, 0.5) is 13.2 Å². The second-order valence-electron chi connectivity index (χ2n) is 4.35. The molecule has 1 nitrogen and oxygen atoms in total. The fourth-order valence-electron chi connectivity index (χ4n) is 1.81. The van der Waals surface area contributed by atoms with E-state index in [1.165, 1.54) is 6.07 Å². The highest BCUT2D eigenvalue weighted by atomic mass is 79.9. The predicted octanol–water partition coefficient (Wildman–Crippen LogP) is 5.15. The average molecular weight is 330 g/mol. The molecule has 0 N–H and O–H groups in total. The number of pyridine rings is 1. The average Bonchev–Trinajstić information content (AvgIpc) is 2.31. The summed E-state index contributed by atoms with van der Waals surface area (Å²) >= 11 is 3.35. The number of benzene rings is 1. The number of alkyl halides is 3. The van der Waals surface area contributed by atoms with Crippen LogP contribution in [0.15, 0.2) is 34.9 Å². The first kappa shape index (κ1) is 14.1. The molecule has 0 spiro atoms. The molecule has 0 aliphatic heterocycles. The van der Waals surface area contributed by atoms with E-state index in [0.29, 0.717) is 16.8 Å². The third-order valence-corrected chi connectivity index (χ3v) is 3.71. The smallest absolute Gasteiger partial charge is 0.255 e. The van der Waals surface area contributed by atoms with Crippen LogP contribution < -0.4 is 0 Å². The third kappa shape index (κ3) is 2.97. The van der Waals surface area contributed by atoms with Crippen molar-refractivity contribution in [2.75, 3.05) is 0 Å². The van der Waals surface area contributed by atoms with Gasteiger partial charge >= 0.3 is 6.18 Å². The first-order chi connectivity index (χ1) is 8.79. The number of nitrogens with zero attached hydrogens (tertiary/aromatic N) is 1. The van der Waals surface area contributed by atoms with Gasteiger partial charge in [0.15, 0.2) is 0 Å². The van der Waals surface area contributed by atoms with Crippen molar-refractivity contribution in [1.29, 1.82) is 0 Å². The number of aromatic nitrogens is 1. The molecule has 5 heteroatoms. The molecule has 1 aromatic carbocycles. The molecule has 0 fully saturated rings. The highest BCUT2D eigenvalue weighted by molar-refractivity contribution is 9.10. The molecule has 0 unspecified atom stereocenters. The number of aryl methyl sites for hydroxylation is 2. The summed E-state index contributed by atoms with van der Waals surface area (Å²) in [5.74, 6) is 0. The van der Waals surface area contributed by atoms with E-state index < -0.39 is 11.7 Å². The predicted molar refractivity (Wildman–Crippen MR) is 71.8 cm³/mol. The van der Waals surface area contributed by atoms with Crippen molar-refractivity contribution < 1.29 is 13.2 Å². The first-order valence-electron chi connectivity index (χ1n) is 5.59. The maximum absolute atomic E-state index is 12.6. The van der Waals surface area contributed by atoms with Gasteiger partial charge in [0.1, 0.15) is 0 Å². The fraction of sp³-hybridized carbons (Fsp3) is 0.214. The van der Waals surface area contributed by atoms with E-state index in [0.717, 1.165) is 22.2 Å². The minimum Gasteiger partial charge on any atom is -0.255 e. The molecule has 2 rings (SSSR count). The van der Waals surface area contributed by atoms with Crippen LogP contribution in [0.1, 0.15) is 16.7 Å². The first-order valence-corrected chi connectivity index (χ1v) is 6.38. The molecule has 0 saturated carbocycles. The summed E-state index contributed by atoms with van der Waals surface area (Å²) in [4.78, 5) is 4.23. The van der Waals surface area contributed by atoms with E-state index in [-0.39, 0.29) is 0 Å². The maximum atomic E-state index is 12.6. The Balaban J connectivity index is 2.49. The zero-order valence-electron chi connectivity index (χ0n) is 10.3. The van der Waals surface area contributed by atoms with Gasteiger partial charge in [0.2, 0.25) is 0 Å². The topological polar surface area (TPSA) is 12.9 Å². The lowest BCUT2D eigenvalue weighted by molar-refractivity contribution is -0.137. The van der Waals surface area contributed by atoms with Crippen LogP contribution in [0.5, 0.6) is 0 Å². The lowest BCUT2D eigenvalue weighted by Crippen LogP contribution is -2.05. The molecule has 19 heavy (non-hydrogen) atoms. The van der Waals surface area contributed by atoms with Gasteiger partial charge in [0, 0.05) is 16.2 Å². The molecule has 0 aliphatic rings. The van der Waals surface area contributed by atoms with Crippen molar-refractivity contribution >= 4 is 15.9 Å². The Morgan fingerprint density at radius 3 is 2.26 bits per heavy atom. The Bertz CT molecular complexity index is 621. The number of hydrogen-bond donors (Lipinski definition) is 0. The number of rotatable bonds is 1. The number of hydrogen-bond acceptors (Lipinski definition) is 1. The fourth-order valence-corrected chi connectivity index (χ4v) is 2.03. The van der Waals surface area contributed by atoms with Crippen molar-refractivity contribution in [2.24, 2.45) is 0 Å². The van der Waals surface area contributed by atoms with Gasteiger partial charge in [-0.25, -0.2) is 0 Å². The molecule has 0 amide bonds. The quantitative estimate of drug-likeness (QED) is 0.705. The van der Waals surface area contributed by atoms with Crippen LogP contribution in [-0.4, -0.2) is 4.98 Å². The van der Waals surface area contributed by atoms with E-state index in [1.807, 2.05) is 13.0 Å². The standard InChI is InChI=1S/C14H11BrF3N/c1-8-5-10(14(16,17)18)3-4-11(8)13-6-9(2)12(15)7-19-13/h3-7H,1-2H3. The molecule has 0 bridgehead atoms. The van der Waals surface area contributed by atoms with Gasteiger partial charge in [0.25, 0.3) is 0 Å². The zero-order valence-corrected chi connectivity index (χ0v) is 11.9. The molecular weight excluding hydrogens is 319 g/mol. The summed E-state index contributed by atoms with van der Waals surface area (Å²) in [5.41, 5.74) is 2.30. The maximum Gasteiger partial charge on any atom is 0.416 e. The van der Waals surface area contributed by atoms with Crippen molar-refractivity contribution in [2.45, 2.75) is 20.0 Å². The van der Waals surface area contributed by atoms with Crippen LogP contribution in [0, 0.1) is 13.8 Å². The van der Waals surface area contributed by atoms with Crippen molar-refractivity contribution in [3.63, 3.8) is 0 Å². The summed E-state index contributed by atoms with van der Waals surface area (Å²) in [6, 6.07) is 5.54. The normalized spacial score (nSPS) is 11.7. The Morgan fingerprint density at radius 1 is 1.05 bits per heavy atom. The molecule has 100 valence electrons. The number of halogens is 4. The SMILES string of the molecule is Cc1cc(-c2ccc(C(F)(F)F)cc2C)ncc1Br. The second kappa shape index (κ2) is 4.96. The largest absolute Gasteiger partial charge is 0.416 e. The summed E-state index contributed by atoms with van der Waals surface area (Å²) in [6.45, 7) is 3.57. The van der Waals surface area contributed by atoms with Crippen molar-refractivity contribution in [1.82, 2.24) is 4.98 Å². The Hall–Kier alpha value is -1.36. The summed E-state index contributed by atoms with van der Waals surface area (Å²) in [6.07, 6.45) is -2.66. The monoisotopic (exact) mass is 329 g/mol. The molecular formula is C14H11BrF3N. The van der Waals surface area contributed by atoms with Crippen LogP contribution in [0.2, 0.25) is 0 Å². The lowest BCUT2D eigenvalue weighted by atomic mass is 10.0. The lowest BCUT2D eigenvalue weighted by Gasteiger charge is -2.11. The van der Waals surface area contributed by atoms with Crippen LogP contribution in [0.3, 0.4) is 0 Å². The molecule has 2 aromatic rings. The van der Waals surface area contributed by atoms with Crippen molar-refractivity contribution in [3.8, 4) is 11.3 Å². The molecule has 0 atom stereocenters. The van der Waals surface area contributed by atoms with E-state index in [9.17, 15) is 13.2 Å². The Kier molecular flexibility index (Phi) is 3.67. The van der Waals surface area contributed by atoms with Gasteiger partial charge in [0.05, 0.1) is 11.3 Å². The summed E-state index contributed by atoms with van der Waals surface area (Å²) < 4.78 is 38.7. The minimum absolute atomic E-state index is 0.559. The minimum atomic E-state index is -4.31. The third-order valence-electron chi connectivity index (χ3n) is 2.88. The molecule has 0 saturated heterocycles. The van der Waals surface area contributed by atoms with Gasteiger partial charge in [-0.1, -0.05) is 6.07 Å². The Labute approximate surface area is 117 Å². The van der Waals surface area contributed by atoms with Crippen LogP contribution >= 0.6 is 15.9 Å². The van der Waals surface area contributed by atoms with Gasteiger partial charge < -0.3 is 0 Å². The van der Waals surface area contributed by atoms with Gasteiger partial charge in [-0.15, -0.1) is 0 Å². The second-order valence-corrected chi connectivity index (χ2v) is 5.20. The highest BCUT2D eigenvalue weighted by Crippen LogP contribution is 2.33. The van der Waals surface area contributed by atoms with E-state index >= 15 is 0 Å². The zero-order chi connectivity index (χ0) is 14.2. The molecule has 0 aliphatic carbocycles. The molecule has 1 aromatic heterocycles. The van der Waals surface area contributed by atoms with Crippen LogP contribution in [0.25, 0.3) is 11.3 Å². The summed E-state index contributed by atoms with van der Waals surface area (Å²) in [5, 5.41) is 0. The van der Waals surface area contributed by atoms with E-state index in [2.05, 4.69) is 20.9 Å². The van der Waals surface area contributed by atoms with E-state index in [1.54, 1.807) is 13.1 Å². The van der Waals surface area contributed by atoms with Crippen molar-refractivity contribution in [3.05, 3.63) is 51.6 Å². The van der Waals surface area contributed by atoms with Crippen LogP contribution in [-0.2, 0) is 6.18 Å². The van der Waals surface area contributed by atoms with Gasteiger partial charge in [-0.3, -0.25) is 4.98 Å². The highest BCUT2D eigenvalue weighted by Gasteiger charge is 2.30.